The van der Waals surface area contributed by atoms with Gasteiger partial charge in [-0.05, 0) is 11.6 Å². The van der Waals surface area contributed by atoms with E-state index in [1.165, 1.54) is 13.2 Å². The second-order valence-electron chi connectivity index (χ2n) is 2.98. The Morgan fingerprint density at radius 2 is 2.25 bits per heavy atom. The Labute approximate surface area is 90.0 Å². The number of anilines is 1. The van der Waals surface area contributed by atoms with Crippen molar-refractivity contribution >= 4 is 17.3 Å². The third kappa shape index (κ3) is 2.25. The third-order valence-electron chi connectivity index (χ3n) is 2.01. The molecule has 2 N–H and O–H groups in total. The first kappa shape index (κ1) is 11.9. The summed E-state index contributed by atoms with van der Waals surface area (Å²) < 4.78 is 17.7. The van der Waals surface area contributed by atoms with Crippen molar-refractivity contribution in [3.63, 3.8) is 0 Å². The summed E-state index contributed by atoms with van der Waals surface area (Å²) in [5, 5.41) is 10.4. The zero-order chi connectivity index (χ0) is 12.3. The highest BCUT2D eigenvalue weighted by atomic mass is 19.1. The monoisotopic (exact) mass is 228 g/mol. The summed E-state index contributed by atoms with van der Waals surface area (Å²) in [4.78, 5) is 20.4. The van der Waals surface area contributed by atoms with Crippen LogP contribution in [0, 0.1) is 15.9 Å². The molecular weight excluding hydrogens is 219 g/mol. The van der Waals surface area contributed by atoms with Crippen molar-refractivity contribution in [2.45, 2.75) is 6.42 Å². The first-order valence-electron chi connectivity index (χ1n) is 4.25. The second-order valence-corrected chi connectivity index (χ2v) is 2.98. The van der Waals surface area contributed by atoms with Crippen molar-refractivity contribution in [1.82, 2.24) is 0 Å². The van der Waals surface area contributed by atoms with Crippen LogP contribution in [0.2, 0.25) is 0 Å². The van der Waals surface area contributed by atoms with Crippen LogP contribution in [-0.4, -0.2) is 18.0 Å². The van der Waals surface area contributed by atoms with Crippen molar-refractivity contribution in [3.8, 4) is 0 Å². The minimum Gasteiger partial charge on any atom is -0.469 e. The molecule has 0 spiro atoms. The third-order valence-corrected chi connectivity index (χ3v) is 2.01. The summed E-state index contributed by atoms with van der Waals surface area (Å²) in [7, 11) is 1.18. The number of nitro benzene ring substituents is 1. The number of carbonyl (C=O) groups excluding carboxylic acids is 1. The Morgan fingerprint density at radius 3 is 2.75 bits per heavy atom. The first-order chi connectivity index (χ1) is 7.47. The van der Waals surface area contributed by atoms with Gasteiger partial charge in [0.05, 0.1) is 24.1 Å². The molecule has 0 atom stereocenters. The molecule has 0 unspecified atom stereocenters. The van der Waals surface area contributed by atoms with E-state index in [-0.39, 0.29) is 12.0 Å². The average molecular weight is 228 g/mol. The number of rotatable bonds is 3. The number of benzene rings is 1. The van der Waals surface area contributed by atoms with E-state index in [4.69, 9.17) is 5.73 Å². The zero-order valence-electron chi connectivity index (χ0n) is 8.40. The molecule has 6 nitrogen and oxygen atoms in total. The average Bonchev–Trinajstić information content (AvgIpc) is 2.24. The summed E-state index contributed by atoms with van der Waals surface area (Å²) in [5.74, 6) is -1.73. The molecule has 0 amide bonds. The van der Waals surface area contributed by atoms with E-state index in [9.17, 15) is 19.3 Å². The Morgan fingerprint density at radius 1 is 1.62 bits per heavy atom. The quantitative estimate of drug-likeness (QED) is 0.361. The topological polar surface area (TPSA) is 95.5 Å². The van der Waals surface area contributed by atoms with Crippen LogP contribution in [0.4, 0.5) is 15.8 Å². The van der Waals surface area contributed by atoms with Crippen molar-refractivity contribution < 1.29 is 18.8 Å². The van der Waals surface area contributed by atoms with Gasteiger partial charge in [0.15, 0.2) is 0 Å². The Balaban J connectivity index is 3.12. The van der Waals surface area contributed by atoms with E-state index in [1.54, 1.807) is 0 Å². The second kappa shape index (κ2) is 4.56. The van der Waals surface area contributed by atoms with Gasteiger partial charge in [0, 0.05) is 6.07 Å². The highest BCUT2D eigenvalue weighted by Gasteiger charge is 2.20. The highest BCUT2D eigenvalue weighted by Crippen LogP contribution is 2.26. The van der Waals surface area contributed by atoms with Crippen LogP contribution in [0.15, 0.2) is 12.1 Å². The van der Waals surface area contributed by atoms with Crippen LogP contribution < -0.4 is 5.73 Å². The summed E-state index contributed by atoms with van der Waals surface area (Å²) in [6.45, 7) is 0. The number of nitrogens with zero attached hydrogens (tertiary/aromatic N) is 1. The zero-order valence-corrected chi connectivity index (χ0v) is 8.40. The number of nitrogens with two attached hydrogens (primary N) is 1. The number of nitrogen functional groups attached to an aromatic ring is 1. The molecule has 0 aliphatic carbocycles. The number of halogens is 1. The molecule has 0 aromatic heterocycles. The van der Waals surface area contributed by atoms with Crippen LogP contribution in [-0.2, 0) is 16.0 Å². The summed E-state index contributed by atoms with van der Waals surface area (Å²) in [5.41, 5.74) is 4.38. The maximum atomic E-state index is 13.3. The molecule has 16 heavy (non-hydrogen) atoms. The van der Waals surface area contributed by atoms with Gasteiger partial charge in [0.1, 0.15) is 0 Å². The Kier molecular flexibility index (Phi) is 3.39. The van der Waals surface area contributed by atoms with Gasteiger partial charge in [-0.15, -0.1) is 0 Å². The smallest absolute Gasteiger partial charge is 0.310 e. The predicted molar refractivity (Wildman–Crippen MR) is 53.2 cm³/mol. The summed E-state index contributed by atoms with van der Waals surface area (Å²) >= 11 is 0. The summed E-state index contributed by atoms with van der Waals surface area (Å²) in [6, 6.07) is 2.19. The molecule has 1 aromatic carbocycles. The standard InChI is InChI=1S/C9H9FN2O4/c1-16-7(13)4-5-2-3-6(12(14)15)8(10)9(5)11/h2-3H,4,11H2,1H3. The molecule has 0 aliphatic heterocycles. The molecule has 0 bridgehead atoms. The van der Waals surface area contributed by atoms with Crippen molar-refractivity contribution in [3.05, 3.63) is 33.6 Å². The number of methoxy groups -OCH3 is 1. The van der Waals surface area contributed by atoms with Crippen LogP contribution in [0.1, 0.15) is 5.56 Å². The number of ether oxygens (including phenoxy) is 1. The minimum atomic E-state index is -1.13. The number of hydrogen-bond donors (Lipinski definition) is 1. The lowest BCUT2D eigenvalue weighted by Crippen LogP contribution is -2.09. The molecule has 0 saturated carbocycles. The minimum absolute atomic E-state index is 0.162. The first-order valence-corrected chi connectivity index (χ1v) is 4.25. The van der Waals surface area contributed by atoms with E-state index in [0.717, 1.165) is 6.07 Å². The number of hydrogen-bond acceptors (Lipinski definition) is 5. The van der Waals surface area contributed by atoms with Crippen LogP contribution in [0.5, 0.6) is 0 Å². The van der Waals surface area contributed by atoms with Crippen molar-refractivity contribution in [1.29, 1.82) is 0 Å². The highest BCUT2D eigenvalue weighted by molar-refractivity contribution is 5.75. The lowest BCUT2D eigenvalue weighted by molar-refractivity contribution is -0.387. The maximum Gasteiger partial charge on any atom is 0.310 e. The van der Waals surface area contributed by atoms with E-state index in [1.807, 2.05) is 0 Å². The Bertz CT molecular complexity index is 447. The molecule has 0 fully saturated rings. The SMILES string of the molecule is COC(=O)Cc1ccc([N+](=O)[O-])c(F)c1N. The maximum absolute atomic E-state index is 13.3. The molecule has 0 radical (unpaired) electrons. The van der Waals surface area contributed by atoms with Gasteiger partial charge in [0.25, 0.3) is 0 Å². The van der Waals surface area contributed by atoms with Crippen molar-refractivity contribution in [2.24, 2.45) is 0 Å². The molecule has 0 aliphatic rings. The summed E-state index contributed by atoms with van der Waals surface area (Å²) in [6.07, 6.45) is -0.225. The fourth-order valence-corrected chi connectivity index (χ4v) is 1.14. The van der Waals surface area contributed by atoms with E-state index >= 15 is 0 Å². The fourth-order valence-electron chi connectivity index (χ4n) is 1.14. The largest absolute Gasteiger partial charge is 0.469 e. The van der Waals surface area contributed by atoms with Gasteiger partial charge in [-0.1, -0.05) is 0 Å². The van der Waals surface area contributed by atoms with E-state index in [0.29, 0.717) is 0 Å². The lowest BCUT2D eigenvalue weighted by Gasteiger charge is -2.05. The van der Waals surface area contributed by atoms with Gasteiger partial charge in [-0.25, -0.2) is 0 Å². The molecule has 0 saturated heterocycles. The van der Waals surface area contributed by atoms with E-state index in [2.05, 4.69) is 4.74 Å². The fraction of sp³-hybridized carbons (Fsp3) is 0.222. The lowest BCUT2D eigenvalue weighted by atomic mass is 10.1. The van der Waals surface area contributed by atoms with Crippen molar-refractivity contribution in [2.75, 3.05) is 12.8 Å². The molecule has 0 heterocycles. The molecule has 1 rings (SSSR count). The Hall–Kier alpha value is -2.18. The number of esters is 1. The van der Waals surface area contributed by atoms with E-state index < -0.39 is 28.1 Å². The normalized spacial score (nSPS) is 9.88. The van der Waals surface area contributed by atoms with Gasteiger partial charge in [0.2, 0.25) is 5.82 Å². The molecule has 7 heteroatoms. The number of nitro groups is 1. The van der Waals surface area contributed by atoms with Gasteiger partial charge in [-0.2, -0.15) is 4.39 Å². The molecule has 86 valence electrons. The van der Waals surface area contributed by atoms with Crippen LogP contribution in [0.25, 0.3) is 0 Å². The van der Waals surface area contributed by atoms with Gasteiger partial charge >= 0.3 is 11.7 Å². The van der Waals surface area contributed by atoms with Crippen LogP contribution in [0.3, 0.4) is 0 Å². The van der Waals surface area contributed by atoms with Gasteiger partial charge < -0.3 is 10.5 Å². The predicted octanol–water partition coefficient (Wildman–Crippen LogP) is 1.03. The van der Waals surface area contributed by atoms with Crippen LogP contribution >= 0.6 is 0 Å². The molecule has 1 aromatic rings. The van der Waals surface area contributed by atoms with Gasteiger partial charge in [-0.3, -0.25) is 14.9 Å². The molecular formula is C9H9FN2O4. The number of carbonyl (C=O) groups is 1.